The Morgan fingerprint density at radius 3 is 2.57 bits per heavy atom. The molecular formula is C17H27NO3. The number of rotatable bonds is 10. The first-order chi connectivity index (χ1) is 10.1. The Morgan fingerprint density at radius 2 is 2.05 bits per heavy atom. The van der Waals surface area contributed by atoms with E-state index in [4.69, 9.17) is 4.74 Å². The van der Waals surface area contributed by atoms with Gasteiger partial charge in [0.2, 0.25) is 0 Å². The number of hydrogen-bond donors (Lipinski definition) is 2. The first kappa shape index (κ1) is 17.7. The van der Waals surface area contributed by atoms with E-state index in [1.54, 1.807) is 7.05 Å². The molecule has 0 bridgehead atoms. The zero-order valence-electron chi connectivity index (χ0n) is 13.3. The number of benzene rings is 1. The zero-order chi connectivity index (χ0) is 15.7. The van der Waals surface area contributed by atoms with Crippen LogP contribution in [0.2, 0.25) is 0 Å². The van der Waals surface area contributed by atoms with E-state index in [-0.39, 0.29) is 0 Å². The van der Waals surface area contributed by atoms with Crippen LogP contribution in [0.5, 0.6) is 0 Å². The molecule has 1 aromatic rings. The van der Waals surface area contributed by atoms with Crippen LogP contribution in [-0.2, 0) is 15.1 Å². The third-order valence-corrected chi connectivity index (χ3v) is 3.86. The van der Waals surface area contributed by atoms with E-state index in [1.165, 1.54) is 0 Å². The third-order valence-electron chi connectivity index (χ3n) is 3.86. The van der Waals surface area contributed by atoms with Crippen molar-refractivity contribution in [1.82, 2.24) is 5.32 Å². The van der Waals surface area contributed by atoms with Crippen molar-refractivity contribution in [2.24, 2.45) is 5.92 Å². The molecule has 21 heavy (non-hydrogen) atoms. The SMILES string of the molecule is CCCC(C)COCCC(NC)(C(=O)O)c1ccccc1. The Bertz CT molecular complexity index is 421. The van der Waals surface area contributed by atoms with Gasteiger partial charge in [0, 0.05) is 19.6 Å². The summed E-state index contributed by atoms with van der Waals surface area (Å²) >= 11 is 0. The van der Waals surface area contributed by atoms with Crippen molar-refractivity contribution in [3.63, 3.8) is 0 Å². The fourth-order valence-corrected chi connectivity index (χ4v) is 2.56. The lowest BCUT2D eigenvalue weighted by molar-refractivity contribution is -0.146. The number of carboxylic acids is 1. The molecule has 0 saturated carbocycles. The van der Waals surface area contributed by atoms with E-state index in [0.717, 1.165) is 18.4 Å². The fraction of sp³-hybridized carbons (Fsp3) is 0.588. The van der Waals surface area contributed by atoms with Gasteiger partial charge in [-0.1, -0.05) is 50.6 Å². The molecule has 0 aliphatic rings. The van der Waals surface area contributed by atoms with E-state index >= 15 is 0 Å². The standard InChI is InChI=1S/C17H27NO3/c1-4-8-14(2)13-21-12-11-17(18-3,16(19)20)15-9-6-5-7-10-15/h5-7,9-10,14,18H,4,8,11-13H2,1-3H3,(H,19,20). The van der Waals surface area contributed by atoms with Crippen molar-refractivity contribution in [2.45, 2.75) is 38.6 Å². The average Bonchev–Trinajstić information content (AvgIpc) is 2.48. The topological polar surface area (TPSA) is 58.6 Å². The van der Waals surface area contributed by atoms with Crippen LogP contribution >= 0.6 is 0 Å². The van der Waals surface area contributed by atoms with Crippen LogP contribution in [-0.4, -0.2) is 31.3 Å². The summed E-state index contributed by atoms with van der Waals surface area (Å²) in [6, 6.07) is 9.27. The van der Waals surface area contributed by atoms with Crippen molar-refractivity contribution in [3.8, 4) is 0 Å². The summed E-state index contributed by atoms with van der Waals surface area (Å²) in [7, 11) is 1.68. The number of ether oxygens (including phenoxy) is 1. The van der Waals surface area contributed by atoms with Crippen LogP contribution in [0.3, 0.4) is 0 Å². The molecule has 0 aliphatic heterocycles. The summed E-state index contributed by atoms with van der Waals surface area (Å²) in [5, 5.41) is 12.6. The van der Waals surface area contributed by atoms with Gasteiger partial charge in [-0.15, -0.1) is 0 Å². The lowest BCUT2D eigenvalue weighted by Gasteiger charge is -2.29. The molecule has 2 atom stereocenters. The minimum absolute atomic E-state index is 0.404. The van der Waals surface area contributed by atoms with E-state index in [2.05, 4.69) is 19.2 Å². The number of likely N-dealkylation sites (N-methyl/N-ethyl adjacent to an activating group) is 1. The molecule has 0 aromatic heterocycles. The highest BCUT2D eigenvalue weighted by atomic mass is 16.5. The second kappa shape index (κ2) is 8.80. The number of carboxylic acid groups (broad SMARTS) is 1. The molecule has 0 spiro atoms. The van der Waals surface area contributed by atoms with Gasteiger partial charge in [0.15, 0.2) is 0 Å². The maximum atomic E-state index is 11.8. The van der Waals surface area contributed by atoms with Gasteiger partial charge in [-0.05, 0) is 24.9 Å². The van der Waals surface area contributed by atoms with Crippen LogP contribution in [0.1, 0.15) is 38.7 Å². The first-order valence-electron chi connectivity index (χ1n) is 7.62. The third kappa shape index (κ3) is 4.83. The predicted molar refractivity (Wildman–Crippen MR) is 84.3 cm³/mol. The first-order valence-corrected chi connectivity index (χ1v) is 7.62. The molecule has 0 radical (unpaired) electrons. The Hall–Kier alpha value is -1.39. The summed E-state index contributed by atoms with van der Waals surface area (Å²) in [4.78, 5) is 11.8. The fourth-order valence-electron chi connectivity index (χ4n) is 2.56. The van der Waals surface area contributed by atoms with Gasteiger partial charge < -0.3 is 15.2 Å². The van der Waals surface area contributed by atoms with Gasteiger partial charge in [0.1, 0.15) is 5.54 Å². The maximum Gasteiger partial charge on any atom is 0.328 e. The molecule has 118 valence electrons. The largest absolute Gasteiger partial charge is 0.480 e. The van der Waals surface area contributed by atoms with Crippen LogP contribution in [0.15, 0.2) is 30.3 Å². The summed E-state index contributed by atoms with van der Waals surface area (Å²) in [5.74, 6) is -0.359. The van der Waals surface area contributed by atoms with Crippen molar-refractivity contribution in [2.75, 3.05) is 20.3 Å². The van der Waals surface area contributed by atoms with E-state index in [0.29, 0.717) is 25.6 Å². The smallest absolute Gasteiger partial charge is 0.328 e. The number of nitrogens with one attached hydrogen (secondary N) is 1. The second-order valence-electron chi connectivity index (χ2n) is 5.55. The zero-order valence-corrected chi connectivity index (χ0v) is 13.3. The summed E-state index contributed by atoms with van der Waals surface area (Å²) in [6.07, 6.45) is 2.68. The Kier molecular flexibility index (Phi) is 7.40. The molecule has 2 N–H and O–H groups in total. The van der Waals surface area contributed by atoms with E-state index in [1.807, 2.05) is 30.3 Å². The molecule has 4 heteroatoms. The van der Waals surface area contributed by atoms with Crippen molar-refractivity contribution in [3.05, 3.63) is 35.9 Å². The number of aliphatic carboxylic acids is 1. The highest BCUT2D eigenvalue weighted by Crippen LogP contribution is 2.25. The summed E-state index contributed by atoms with van der Waals surface area (Å²) in [6.45, 7) is 5.42. The summed E-state index contributed by atoms with van der Waals surface area (Å²) in [5.41, 5.74) is -0.333. The molecule has 1 rings (SSSR count). The van der Waals surface area contributed by atoms with Crippen molar-refractivity contribution in [1.29, 1.82) is 0 Å². The number of carbonyl (C=O) groups is 1. The minimum atomic E-state index is -1.09. The van der Waals surface area contributed by atoms with Gasteiger partial charge >= 0.3 is 5.97 Å². The van der Waals surface area contributed by atoms with Gasteiger partial charge in [-0.25, -0.2) is 4.79 Å². The van der Waals surface area contributed by atoms with Gasteiger partial charge in [-0.2, -0.15) is 0 Å². The second-order valence-corrected chi connectivity index (χ2v) is 5.55. The minimum Gasteiger partial charge on any atom is -0.480 e. The molecule has 0 amide bonds. The lowest BCUT2D eigenvalue weighted by atomic mass is 9.87. The highest BCUT2D eigenvalue weighted by Gasteiger charge is 2.38. The molecule has 0 heterocycles. The highest BCUT2D eigenvalue weighted by molar-refractivity contribution is 5.80. The van der Waals surface area contributed by atoms with E-state index in [9.17, 15) is 9.90 Å². The normalized spacial score (nSPS) is 15.4. The number of hydrogen-bond acceptors (Lipinski definition) is 3. The molecule has 1 aromatic carbocycles. The Morgan fingerprint density at radius 1 is 1.38 bits per heavy atom. The van der Waals surface area contributed by atoms with Gasteiger partial charge in [-0.3, -0.25) is 0 Å². The van der Waals surface area contributed by atoms with Gasteiger partial charge in [0.05, 0.1) is 0 Å². The van der Waals surface area contributed by atoms with Crippen molar-refractivity contribution < 1.29 is 14.6 Å². The Labute approximate surface area is 127 Å². The van der Waals surface area contributed by atoms with Crippen LogP contribution in [0.4, 0.5) is 0 Å². The predicted octanol–water partition coefficient (Wildman–Crippen LogP) is 3.03. The summed E-state index contributed by atoms with van der Waals surface area (Å²) < 4.78 is 5.67. The van der Waals surface area contributed by atoms with Crippen LogP contribution in [0, 0.1) is 5.92 Å². The molecule has 2 unspecified atom stereocenters. The molecule has 0 aliphatic carbocycles. The molecule has 0 fully saturated rings. The molecule has 4 nitrogen and oxygen atoms in total. The van der Waals surface area contributed by atoms with Crippen LogP contribution < -0.4 is 5.32 Å². The quantitative estimate of drug-likeness (QED) is 0.651. The Balaban J connectivity index is 2.66. The maximum absolute atomic E-state index is 11.8. The monoisotopic (exact) mass is 293 g/mol. The average molecular weight is 293 g/mol. The van der Waals surface area contributed by atoms with Gasteiger partial charge in [0.25, 0.3) is 0 Å². The van der Waals surface area contributed by atoms with Crippen LogP contribution in [0.25, 0.3) is 0 Å². The molecular weight excluding hydrogens is 266 g/mol. The van der Waals surface area contributed by atoms with E-state index < -0.39 is 11.5 Å². The molecule has 0 saturated heterocycles. The van der Waals surface area contributed by atoms with Crippen molar-refractivity contribution >= 4 is 5.97 Å². The lowest BCUT2D eigenvalue weighted by Crippen LogP contribution is -2.48.